The van der Waals surface area contributed by atoms with E-state index < -0.39 is 18.1 Å². The van der Waals surface area contributed by atoms with Gasteiger partial charge in [0.1, 0.15) is 0 Å². The van der Waals surface area contributed by atoms with Crippen molar-refractivity contribution in [3.63, 3.8) is 0 Å². The number of aromatic nitrogens is 3. The minimum atomic E-state index is -2.69. The van der Waals surface area contributed by atoms with Crippen LogP contribution < -0.4 is 10.2 Å². The Kier molecular flexibility index (Phi) is 6.71. The minimum Gasteiger partial charge on any atom is -0.465 e. The second kappa shape index (κ2) is 9.35. The summed E-state index contributed by atoms with van der Waals surface area (Å²) in [6.07, 6.45) is 2.21. The molecule has 3 heterocycles. The molecule has 2 aliphatic rings. The number of carboxylic acid groups (broad SMARTS) is 1. The van der Waals surface area contributed by atoms with Gasteiger partial charge >= 0.3 is 6.09 Å². The molecule has 1 amide bonds. The van der Waals surface area contributed by atoms with E-state index in [1.807, 2.05) is 13.1 Å². The first-order valence-corrected chi connectivity index (χ1v) is 11.4. The highest BCUT2D eigenvalue weighted by molar-refractivity contribution is 6.17. The van der Waals surface area contributed by atoms with E-state index in [1.165, 1.54) is 0 Å². The number of nitrogens with zero attached hydrogens (tertiary/aromatic N) is 4. The van der Waals surface area contributed by atoms with Crippen LogP contribution in [0.5, 0.6) is 0 Å². The molecule has 1 atom stereocenters. The van der Waals surface area contributed by atoms with E-state index in [0.717, 1.165) is 18.5 Å². The first-order valence-electron chi connectivity index (χ1n) is 10.9. The van der Waals surface area contributed by atoms with Crippen LogP contribution in [0.15, 0.2) is 12.3 Å². The lowest BCUT2D eigenvalue weighted by Gasteiger charge is -2.33. The number of imidazole rings is 1. The molecule has 0 spiro atoms. The number of alkyl halides is 3. The van der Waals surface area contributed by atoms with Crippen molar-refractivity contribution in [3.8, 4) is 0 Å². The summed E-state index contributed by atoms with van der Waals surface area (Å²) in [6, 6.07) is 1.52. The number of rotatable bonds is 6. The van der Waals surface area contributed by atoms with E-state index in [2.05, 4.69) is 20.3 Å². The number of fused-ring (bicyclic) bond motifs is 1. The van der Waals surface area contributed by atoms with Crippen LogP contribution in [-0.4, -0.2) is 58.0 Å². The van der Waals surface area contributed by atoms with Gasteiger partial charge in [-0.3, -0.25) is 0 Å². The molecule has 1 aliphatic heterocycles. The highest BCUT2D eigenvalue weighted by atomic mass is 35.5. The molecule has 4 rings (SSSR count). The number of carbonyl (C=O) groups is 1. The molecule has 1 unspecified atom stereocenters. The van der Waals surface area contributed by atoms with Crippen LogP contribution in [0.2, 0.25) is 0 Å². The van der Waals surface area contributed by atoms with E-state index >= 15 is 0 Å². The molecule has 2 N–H and O–H groups in total. The normalized spacial score (nSPS) is 20.9. The summed E-state index contributed by atoms with van der Waals surface area (Å²) in [4.78, 5) is 18.2. The largest absolute Gasteiger partial charge is 0.465 e. The van der Waals surface area contributed by atoms with Gasteiger partial charge < -0.3 is 20.1 Å². The third-order valence-corrected chi connectivity index (χ3v) is 6.85. The number of nitrogens with one attached hydrogen (secondary N) is 1. The summed E-state index contributed by atoms with van der Waals surface area (Å²) in [6.45, 7) is 1.41. The molecular formula is C21H28ClF2N5O3. The second-order valence-corrected chi connectivity index (χ2v) is 8.92. The number of anilines is 1. The lowest BCUT2D eigenvalue weighted by molar-refractivity contribution is -0.0495. The molecule has 176 valence electrons. The maximum absolute atomic E-state index is 13.6. The van der Waals surface area contributed by atoms with Crippen LogP contribution in [0.3, 0.4) is 0 Å². The quantitative estimate of drug-likeness (QED) is 0.613. The molecule has 0 aromatic carbocycles. The van der Waals surface area contributed by atoms with Gasteiger partial charge in [0.25, 0.3) is 0 Å². The van der Waals surface area contributed by atoms with Crippen LogP contribution in [0.1, 0.15) is 56.0 Å². The molecule has 32 heavy (non-hydrogen) atoms. The van der Waals surface area contributed by atoms with E-state index in [-0.39, 0.29) is 37.5 Å². The second-order valence-electron chi connectivity index (χ2n) is 8.65. The smallest absolute Gasteiger partial charge is 0.405 e. The van der Waals surface area contributed by atoms with E-state index in [0.29, 0.717) is 36.3 Å². The zero-order valence-electron chi connectivity index (χ0n) is 17.9. The summed E-state index contributed by atoms with van der Waals surface area (Å²) >= 11 is 6.19. The summed E-state index contributed by atoms with van der Waals surface area (Å²) < 4.78 is 34.3. The molecule has 2 aromatic heterocycles. The fourth-order valence-electron chi connectivity index (χ4n) is 4.75. The highest BCUT2D eigenvalue weighted by Gasteiger charge is 2.39. The SMILES string of the molecule is CN(c1cc2nc(C(NC(=O)O)C3CCC(F)(F)CC3)cn2nc1CCl)C1CCOCC1. The Labute approximate surface area is 189 Å². The molecule has 1 saturated carbocycles. The van der Waals surface area contributed by atoms with Crippen LogP contribution in [-0.2, 0) is 10.6 Å². The van der Waals surface area contributed by atoms with Crippen molar-refractivity contribution in [2.24, 2.45) is 5.92 Å². The Balaban J connectivity index is 1.65. The molecule has 1 saturated heterocycles. The van der Waals surface area contributed by atoms with Crippen LogP contribution >= 0.6 is 11.6 Å². The highest BCUT2D eigenvalue weighted by Crippen LogP contribution is 2.41. The average Bonchev–Trinajstić information content (AvgIpc) is 3.19. The van der Waals surface area contributed by atoms with Gasteiger partial charge in [-0.25, -0.2) is 23.1 Å². The van der Waals surface area contributed by atoms with Crippen molar-refractivity contribution in [1.29, 1.82) is 0 Å². The van der Waals surface area contributed by atoms with Crippen LogP contribution in [0, 0.1) is 5.92 Å². The third-order valence-electron chi connectivity index (χ3n) is 6.60. The Morgan fingerprint density at radius 2 is 2.06 bits per heavy atom. The van der Waals surface area contributed by atoms with Crippen LogP contribution in [0.4, 0.5) is 19.3 Å². The molecule has 11 heteroatoms. The zero-order valence-corrected chi connectivity index (χ0v) is 18.7. The molecule has 2 fully saturated rings. The molecular weight excluding hydrogens is 444 g/mol. The van der Waals surface area contributed by atoms with Gasteiger partial charge in [-0.1, -0.05) is 0 Å². The van der Waals surface area contributed by atoms with Gasteiger partial charge in [-0.2, -0.15) is 5.10 Å². The number of amides is 1. The Morgan fingerprint density at radius 3 is 2.69 bits per heavy atom. The number of hydrogen-bond acceptors (Lipinski definition) is 5. The summed E-state index contributed by atoms with van der Waals surface area (Å²) in [5.41, 5.74) is 2.59. The number of hydrogen-bond donors (Lipinski definition) is 2. The minimum absolute atomic E-state index is 0.209. The van der Waals surface area contributed by atoms with Gasteiger partial charge in [0.15, 0.2) is 5.65 Å². The van der Waals surface area contributed by atoms with Crippen molar-refractivity contribution < 1.29 is 23.4 Å². The Morgan fingerprint density at radius 1 is 1.38 bits per heavy atom. The maximum atomic E-state index is 13.6. The van der Waals surface area contributed by atoms with E-state index in [1.54, 1.807) is 10.7 Å². The molecule has 8 nitrogen and oxygen atoms in total. The number of ether oxygens (including phenoxy) is 1. The van der Waals surface area contributed by atoms with Crippen molar-refractivity contribution >= 4 is 29.0 Å². The monoisotopic (exact) mass is 471 g/mol. The van der Waals surface area contributed by atoms with Gasteiger partial charge in [-0.05, 0) is 31.6 Å². The van der Waals surface area contributed by atoms with Gasteiger partial charge in [0, 0.05) is 45.2 Å². The molecule has 1 aliphatic carbocycles. The fraction of sp³-hybridized carbons (Fsp3) is 0.667. The average molecular weight is 472 g/mol. The van der Waals surface area contributed by atoms with Gasteiger partial charge in [0.2, 0.25) is 5.92 Å². The predicted molar refractivity (Wildman–Crippen MR) is 116 cm³/mol. The summed E-state index contributed by atoms with van der Waals surface area (Å²) in [5.74, 6) is -2.74. The van der Waals surface area contributed by atoms with Crippen molar-refractivity contribution in [3.05, 3.63) is 23.7 Å². The van der Waals surface area contributed by atoms with Gasteiger partial charge in [-0.15, -0.1) is 11.6 Å². The Hall–Kier alpha value is -2.20. The maximum Gasteiger partial charge on any atom is 0.405 e. The first kappa shape index (κ1) is 23.0. The zero-order chi connectivity index (χ0) is 22.9. The summed E-state index contributed by atoms with van der Waals surface area (Å²) in [7, 11) is 2.00. The van der Waals surface area contributed by atoms with Crippen molar-refractivity contribution in [2.45, 2.75) is 62.4 Å². The topological polar surface area (TPSA) is 92.0 Å². The molecule has 0 radical (unpaired) electrons. The standard InChI is InChI=1S/C21H28ClF2N5O3/c1-28(14-4-8-32-9-5-14)17-10-18-25-16(12-29(18)27-15(17)11-22)19(26-20(30)31)13-2-6-21(23,24)7-3-13/h10,12-14,19,26H,2-9,11H2,1H3,(H,30,31). The molecule has 0 bridgehead atoms. The van der Waals surface area contributed by atoms with Crippen molar-refractivity contribution in [2.75, 3.05) is 25.2 Å². The van der Waals surface area contributed by atoms with E-state index in [4.69, 9.17) is 16.3 Å². The predicted octanol–water partition coefficient (Wildman–Crippen LogP) is 4.22. The number of halogens is 3. The van der Waals surface area contributed by atoms with Crippen LogP contribution in [0.25, 0.3) is 5.65 Å². The molecule has 2 aromatic rings. The lowest BCUT2D eigenvalue weighted by atomic mass is 9.81. The Bertz CT molecular complexity index is 956. The fourth-order valence-corrected chi connectivity index (χ4v) is 4.94. The lowest BCUT2D eigenvalue weighted by Crippen LogP contribution is -2.37. The third kappa shape index (κ3) is 4.91. The van der Waals surface area contributed by atoms with Crippen molar-refractivity contribution in [1.82, 2.24) is 19.9 Å². The van der Waals surface area contributed by atoms with E-state index in [9.17, 15) is 18.7 Å². The van der Waals surface area contributed by atoms with Gasteiger partial charge in [0.05, 0.1) is 35.2 Å². The first-order chi connectivity index (χ1) is 15.3. The summed E-state index contributed by atoms with van der Waals surface area (Å²) in [5, 5.41) is 16.5.